The van der Waals surface area contributed by atoms with Gasteiger partial charge >= 0.3 is 0 Å². The lowest BCUT2D eigenvalue weighted by molar-refractivity contribution is 0.0949. The molecular formula is C22H29FN4O. The first-order valence-electron chi connectivity index (χ1n) is 10.0. The maximum Gasteiger partial charge on any atom is 0.254 e. The van der Waals surface area contributed by atoms with Crippen molar-refractivity contribution in [3.8, 4) is 0 Å². The van der Waals surface area contributed by atoms with Crippen LogP contribution in [-0.2, 0) is 6.54 Å². The van der Waals surface area contributed by atoms with E-state index in [-0.39, 0.29) is 11.7 Å². The van der Waals surface area contributed by atoms with E-state index in [2.05, 4.69) is 34.0 Å². The molecule has 1 aliphatic rings. The van der Waals surface area contributed by atoms with Gasteiger partial charge < -0.3 is 10.2 Å². The summed E-state index contributed by atoms with van der Waals surface area (Å²) in [4.78, 5) is 24.1. The van der Waals surface area contributed by atoms with Crippen LogP contribution in [0.2, 0.25) is 0 Å². The molecule has 1 aliphatic heterocycles. The third-order valence-electron chi connectivity index (χ3n) is 5.10. The van der Waals surface area contributed by atoms with Gasteiger partial charge in [-0.15, -0.1) is 0 Å². The van der Waals surface area contributed by atoms with Crippen molar-refractivity contribution >= 4 is 5.91 Å². The van der Waals surface area contributed by atoms with Gasteiger partial charge in [-0.05, 0) is 49.9 Å². The van der Waals surface area contributed by atoms with Crippen molar-refractivity contribution < 1.29 is 9.18 Å². The summed E-state index contributed by atoms with van der Waals surface area (Å²) in [6.45, 7) is 9.89. The second kappa shape index (κ2) is 9.24. The minimum atomic E-state index is -0.287. The number of hydrogen-bond donors (Lipinski definition) is 1. The van der Waals surface area contributed by atoms with Crippen molar-refractivity contribution in [2.24, 2.45) is 5.92 Å². The summed E-state index contributed by atoms with van der Waals surface area (Å²) in [5, 5.41) is 2.85. The number of carbonyl (C=O) groups excluding carboxylic acids is 1. The lowest BCUT2D eigenvalue weighted by Gasteiger charge is -2.33. The molecule has 2 heterocycles. The zero-order valence-electron chi connectivity index (χ0n) is 16.9. The summed E-state index contributed by atoms with van der Waals surface area (Å²) in [5.74, 6) is 1.31. The quantitative estimate of drug-likeness (QED) is 0.825. The molecule has 3 rings (SSSR count). The number of aryl methyl sites for hydroxylation is 1. The molecule has 0 unspecified atom stereocenters. The van der Waals surface area contributed by atoms with E-state index in [4.69, 9.17) is 0 Å². The predicted molar refractivity (Wildman–Crippen MR) is 108 cm³/mol. The van der Waals surface area contributed by atoms with Crippen LogP contribution >= 0.6 is 0 Å². The van der Waals surface area contributed by atoms with E-state index in [1.807, 2.05) is 6.92 Å². The number of nitrogens with one attached hydrogen (secondary N) is 1. The highest BCUT2D eigenvalue weighted by Gasteiger charge is 2.24. The Morgan fingerprint density at radius 1 is 1.32 bits per heavy atom. The maximum atomic E-state index is 13.0. The van der Waals surface area contributed by atoms with E-state index in [1.165, 1.54) is 12.1 Å². The van der Waals surface area contributed by atoms with Crippen LogP contribution in [0.3, 0.4) is 0 Å². The van der Waals surface area contributed by atoms with Crippen molar-refractivity contribution in [2.75, 3.05) is 19.6 Å². The number of piperidine rings is 1. The molecule has 5 nitrogen and oxygen atoms in total. The highest BCUT2D eigenvalue weighted by Crippen LogP contribution is 2.25. The van der Waals surface area contributed by atoms with E-state index >= 15 is 0 Å². The lowest BCUT2D eigenvalue weighted by atomic mass is 9.96. The maximum absolute atomic E-state index is 13.0. The van der Waals surface area contributed by atoms with Gasteiger partial charge in [0.2, 0.25) is 0 Å². The Labute approximate surface area is 166 Å². The van der Waals surface area contributed by atoms with Gasteiger partial charge in [0.1, 0.15) is 11.6 Å². The number of halogens is 1. The first kappa shape index (κ1) is 20.4. The third-order valence-corrected chi connectivity index (χ3v) is 5.10. The largest absolute Gasteiger partial charge is 0.348 e. The van der Waals surface area contributed by atoms with E-state index in [0.717, 1.165) is 43.9 Å². The van der Waals surface area contributed by atoms with Gasteiger partial charge in [0.15, 0.2) is 0 Å². The summed E-state index contributed by atoms with van der Waals surface area (Å²) in [5.41, 5.74) is 2.03. The summed E-state index contributed by atoms with van der Waals surface area (Å²) < 4.78 is 13.0. The molecule has 1 fully saturated rings. The molecule has 6 heteroatoms. The van der Waals surface area contributed by atoms with Crippen LogP contribution in [0, 0.1) is 18.7 Å². The van der Waals surface area contributed by atoms with Gasteiger partial charge in [0, 0.05) is 31.7 Å². The van der Waals surface area contributed by atoms with Gasteiger partial charge in [-0.2, -0.15) is 0 Å². The number of benzene rings is 1. The fourth-order valence-corrected chi connectivity index (χ4v) is 3.73. The molecule has 1 amide bonds. The smallest absolute Gasteiger partial charge is 0.254 e. The van der Waals surface area contributed by atoms with Gasteiger partial charge in [0.25, 0.3) is 5.91 Å². The van der Waals surface area contributed by atoms with Gasteiger partial charge in [-0.1, -0.05) is 26.0 Å². The van der Waals surface area contributed by atoms with Crippen molar-refractivity contribution in [2.45, 2.75) is 46.1 Å². The molecule has 28 heavy (non-hydrogen) atoms. The molecule has 1 aromatic carbocycles. The Kier molecular flexibility index (Phi) is 6.73. The van der Waals surface area contributed by atoms with Crippen molar-refractivity contribution in [3.05, 3.63) is 58.9 Å². The molecule has 1 aromatic heterocycles. The van der Waals surface area contributed by atoms with Crippen molar-refractivity contribution in [3.63, 3.8) is 0 Å². The summed E-state index contributed by atoms with van der Waals surface area (Å²) in [6, 6.07) is 6.09. The molecule has 0 bridgehead atoms. The summed E-state index contributed by atoms with van der Waals surface area (Å²) in [6.07, 6.45) is 3.88. The molecule has 1 N–H and O–H groups in total. The topological polar surface area (TPSA) is 58.1 Å². The Bertz CT molecular complexity index is 807. The van der Waals surface area contributed by atoms with Crippen LogP contribution in [0.5, 0.6) is 0 Å². The number of hydrogen-bond acceptors (Lipinski definition) is 4. The first-order valence-corrected chi connectivity index (χ1v) is 10.0. The van der Waals surface area contributed by atoms with Crippen LogP contribution in [-0.4, -0.2) is 40.4 Å². The average Bonchev–Trinajstić information content (AvgIpc) is 2.67. The van der Waals surface area contributed by atoms with Crippen LogP contribution in [0.1, 0.15) is 60.0 Å². The minimum Gasteiger partial charge on any atom is -0.348 e. The lowest BCUT2D eigenvalue weighted by Crippen LogP contribution is -2.37. The Morgan fingerprint density at radius 3 is 2.75 bits per heavy atom. The number of amides is 1. The molecule has 0 radical (unpaired) electrons. The second-order valence-corrected chi connectivity index (χ2v) is 8.03. The average molecular weight is 384 g/mol. The highest BCUT2D eigenvalue weighted by molar-refractivity contribution is 5.94. The van der Waals surface area contributed by atoms with Crippen LogP contribution < -0.4 is 5.32 Å². The van der Waals surface area contributed by atoms with Crippen molar-refractivity contribution in [1.82, 2.24) is 20.2 Å². The number of nitrogens with zero attached hydrogens (tertiary/aromatic N) is 3. The number of carbonyl (C=O) groups is 1. The third kappa shape index (κ3) is 5.35. The Balaban J connectivity index is 1.63. The number of rotatable bonds is 6. The second-order valence-electron chi connectivity index (χ2n) is 8.03. The van der Waals surface area contributed by atoms with E-state index in [0.29, 0.717) is 29.6 Å². The van der Waals surface area contributed by atoms with Gasteiger partial charge in [0.05, 0.1) is 11.3 Å². The zero-order valence-corrected chi connectivity index (χ0v) is 16.9. The van der Waals surface area contributed by atoms with Crippen molar-refractivity contribution in [1.29, 1.82) is 0 Å². The zero-order chi connectivity index (χ0) is 20.1. The first-order chi connectivity index (χ1) is 13.4. The Hall–Kier alpha value is -2.34. The van der Waals surface area contributed by atoms with Gasteiger partial charge in [-0.25, -0.2) is 14.4 Å². The number of likely N-dealkylation sites (tertiary alicyclic amines) is 1. The fraction of sp³-hybridized carbons (Fsp3) is 0.500. The summed E-state index contributed by atoms with van der Waals surface area (Å²) in [7, 11) is 0. The fourth-order valence-electron chi connectivity index (χ4n) is 3.73. The highest BCUT2D eigenvalue weighted by atomic mass is 19.1. The molecule has 2 aromatic rings. The van der Waals surface area contributed by atoms with E-state index < -0.39 is 0 Å². The van der Waals surface area contributed by atoms with Crippen LogP contribution in [0.25, 0.3) is 0 Å². The molecule has 150 valence electrons. The SMILES string of the molecule is Cc1nc([C@H]2CCCN(CC(C)C)C2)ncc1C(=O)NCc1ccc(F)cc1. The van der Waals surface area contributed by atoms with E-state index in [1.54, 1.807) is 18.3 Å². The predicted octanol–water partition coefficient (Wildman–Crippen LogP) is 3.69. The monoisotopic (exact) mass is 384 g/mol. The molecule has 0 saturated carbocycles. The normalized spacial score (nSPS) is 17.7. The standard InChI is InChI=1S/C22H29FN4O/c1-15(2)13-27-10-4-5-18(14-27)21-24-12-20(16(3)26-21)22(28)25-11-17-6-8-19(23)9-7-17/h6-9,12,15,18H,4-5,10-11,13-14H2,1-3H3,(H,25,28)/t18-/m0/s1. The van der Waals surface area contributed by atoms with Crippen LogP contribution in [0.15, 0.2) is 30.5 Å². The van der Waals surface area contributed by atoms with E-state index in [9.17, 15) is 9.18 Å². The van der Waals surface area contributed by atoms with Gasteiger partial charge in [-0.3, -0.25) is 4.79 Å². The van der Waals surface area contributed by atoms with Crippen LogP contribution in [0.4, 0.5) is 4.39 Å². The molecule has 0 spiro atoms. The molecule has 1 saturated heterocycles. The molecule has 1 atom stereocenters. The Morgan fingerprint density at radius 2 is 2.07 bits per heavy atom. The summed E-state index contributed by atoms with van der Waals surface area (Å²) >= 11 is 0. The molecular weight excluding hydrogens is 355 g/mol. The minimum absolute atomic E-state index is 0.210. The number of aromatic nitrogens is 2. The molecule has 0 aliphatic carbocycles.